The van der Waals surface area contributed by atoms with Crippen molar-refractivity contribution in [1.29, 1.82) is 0 Å². The lowest BCUT2D eigenvalue weighted by atomic mass is 9.48. The Balaban J connectivity index is 1.87. The Kier molecular flexibility index (Phi) is 1.64. The molecule has 4 rings (SSSR count). The Bertz CT molecular complexity index is 819. The van der Waals surface area contributed by atoms with E-state index in [1.165, 1.54) is 0 Å². The van der Waals surface area contributed by atoms with Crippen molar-refractivity contribution in [2.75, 3.05) is 0 Å². The topological polar surface area (TPSA) is 37.3 Å². The molecule has 2 heteroatoms. The van der Waals surface area contributed by atoms with Gasteiger partial charge in [0.1, 0.15) is 5.78 Å². The maximum atomic E-state index is 12.8. The van der Waals surface area contributed by atoms with Crippen LogP contribution in [0.1, 0.15) is 76.0 Å². The molecule has 0 amide bonds. The first kappa shape index (κ1) is 7.77. The zero-order valence-electron chi connectivity index (χ0n) is 20.6. The third kappa shape index (κ3) is 1.78. The number of Topliss-reactive ketones (excluding diaryl/α,β-unsaturated/α-hetero) is 1. The minimum Gasteiger partial charge on any atom is -0.393 e. The van der Waals surface area contributed by atoms with Gasteiger partial charge in [0.05, 0.1) is 8.82 Å². The van der Waals surface area contributed by atoms with Crippen LogP contribution in [0, 0.1) is 28.6 Å². The molecule has 1 N–H and O–H groups in total. The van der Waals surface area contributed by atoms with Crippen molar-refractivity contribution in [2.24, 2.45) is 28.6 Å². The molecule has 4 aliphatic rings. The summed E-state index contributed by atoms with van der Waals surface area (Å²) in [5, 5.41) is 10.5. The van der Waals surface area contributed by atoms with Gasteiger partial charge < -0.3 is 5.11 Å². The molecule has 0 aromatic heterocycles. The normalized spacial score (nSPS) is 69.5. The summed E-state index contributed by atoms with van der Waals surface area (Å²) in [6.07, 6.45) is -9.23. The van der Waals surface area contributed by atoms with Crippen LogP contribution in [0.4, 0.5) is 0 Å². The highest BCUT2D eigenvalue weighted by atomic mass is 16.3. The standard InChI is InChI=1S/C19H28O2/c1-18-9-7-13(20)11-12(18)3-4-14-15-5-6-17(21)19(15,2)10-8-16(14)18/h3,13-16,20H,4-11H2,1-2H3/t13-,14-,15-,16-,18-,19-/m0/s1/i3D,6D2,7D2,11D2,13D. The second kappa shape index (κ2) is 4.44. The predicted molar refractivity (Wildman–Crippen MR) is 82.7 cm³/mol. The number of aliphatic hydroxyl groups is 1. The smallest absolute Gasteiger partial charge is 0.139 e. The van der Waals surface area contributed by atoms with Gasteiger partial charge in [-0.3, -0.25) is 4.79 Å². The molecule has 0 heterocycles. The van der Waals surface area contributed by atoms with E-state index < -0.39 is 41.8 Å². The third-order valence-corrected chi connectivity index (χ3v) is 6.60. The van der Waals surface area contributed by atoms with Gasteiger partial charge in [-0.15, -0.1) is 0 Å². The molecule has 0 spiro atoms. The highest BCUT2D eigenvalue weighted by Gasteiger charge is 2.58. The second-order valence-electron chi connectivity index (χ2n) is 7.54. The van der Waals surface area contributed by atoms with E-state index in [2.05, 4.69) is 0 Å². The zero-order chi connectivity index (χ0) is 22.0. The molecule has 6 atom stereocenters. The number of carbonyl (C=O) groups excluding carboxylic acids is 1. The molecule has 0 aliphatic heterocycles. The number of ketones is 1. The van der Waals surface area contributed by atoms with Gasteiger partial charge in [0.25, 0.3) is 0 Å². The van der Waals surface area contributed by atoms with Crippen LogP contribution in [0.2, 0.25) is 0 Å². The average molecular weight is 296 g/mol. The minimum absolute atomic E-state index is 0.00908. The number of carbonyl (C=O) groups is 1. The monoisotopic (exact) mass is 296 g/mol. The van der Waals surface area contributed by atoms with Gasteiger partial charge in [-0.05, 0) is 68.0 Å². The average Bonchev–Trinajstić information content (AvgIpc) is 2.72. The lowest BCUT2D eigenvalue weighted by Crippen LogP contribution is -2.50. The molecule has 3 fully saturated rings. The van der Waals surface area contributed by atoms with E-state index >= 15 is 0 Å². The summed E-state index contributed by atoms with van der Waals surface area (Å²) in [7, 11) is 0. The van der Waals surface area contributed by atoms with Crippen molar-refractivity contribution < 1.29 is 20.9 Å². The number of hydrogen-bond donors (Lipinski definition) is 1. The van der Waals surface area contributed by atoms with Crippen LogP contribution >= 0.6 is 0 Å². The number of hydrogen-bond acceptors (Lipinski definition) is 2. The summed E-state index contributed by atoms with van der Waals surface area (Å²) in [6.45, 7) is 3.53. The summed E-state index contributed by atoms with van der Waals surface area (Å²) < 4.78 is 66.5. The van der Waals surface area contributed by atoms with E-state index in [4.69, 9.17) is 11.0 Å². The van der Waals surface area contributed by atoms with Crippen LogP contribution in [0.15, 0.2) is 11.6 Å². The largest absolute Gasteiger partial charge is 0.393 e. The lowest BCUT2D eigenvalue weighted by molar-refractivity contribution is -0.132. The van der Waals surface area contributed by atoms with Crippen LogP contribution in [-0.4, -0.2) is 17.0 Å². The number of allylic oxidation sites excluding steroid dienone is 1. The van der Waals surface area contributed by atoms with Gasteiger partial charge in [-0.2, -0.15) is 0 Å². The third-order valence-electron chi connectivity index (χ3n) is 6.60. The van der Waals surface area contributed by atoms with Crippen molar-refractivity contribution in [3.05, 3.63) is 11.6 Å². The molecule has 21 heavy (non-hydrogen) atoms. The quantitative estimate of drug-likeness (QED) is 0.689. The van der Waals surface area contributed by atoms with Crippen molar-refractivity contribution in [3.63, 3.8) is 0 Å². The van der Waals surface area contributed by atoms with E-state index in [-0.39, 0.29) is 48.6 Å². The fourth-order valence-corrected chi connectivity index (χ4v) is 5.19. The second-order valence-corrected chi connectivity index (χ2v) is 7.54. The Morgan fingerprint density at radius 3 is 2.90 bits per heavy atom. The minimum atomic E-state index is -3.00. The number of rotatable bonds is 0. The zero-order valence-corrected chi connectivity index (χ0v) is 12.6. The van der Waals surface area contributed by atoms with E-state index in [9.17, 15) is 9.90 Å². The van der Waals surface area contributed by atoms with Gasteiger partial charge in [0, 0.05) is 20.0 Å². The van der Waals surface area contributed by atoms with E-state index in [0.717, 1.165) is 0 Å². The maximum absolute atomic E-state index is 12.8. The van der Waals surface area contributed by atoms with Crippen LogP contribution in [0.5, 0.6) is 0 Å². The molecule has 3 saturated carbocycles. The molecule has 116 valence electrons. The van der Waals surface area contributed by atoms with E-state index in [1.807, 2.05) is 0 Å². The van der Waals surface area contributed by atoms with E-state index in [1.54, 1.807) is 13.8 Å². The first-order valence-corrected chi connectivity index (χ1v) is 7.91. The summed E-state index contributed by atoms with van der Waals surface area (Å²) >= 11 is 0. The van der Waals surface area contributed by atoms with Crippen LogP contribution in [0.25, 0.3) is 0 Å². The fourth-order valence-electron chi connectivity index (χ4n) is 5.19. The highest BCUT2D eigenvalue weighted by Crippen LogP contribution is 2.63. The van der Waals surface area contributed by atoms with Gasteiger partial charge in [0.15, 0.2) is 0 Å². The van der Waals surface area contributed by atoms with E-state index in [0.29, 0.717) is 12.8 Å². The van der Waals surface area contributed by atoms with Crippen molar-refractivity contribution in [2.45, 2.75) is 71.2 Å². The van der Waals surface area contributed by atoms with Gasteiger partial charge >= 0.3 is 0 Å². The van der Waals surface area contributed by atoms with Gasteiger partial charge in [-0.1, -0.05) is 25.5 Å². The van der Waals surface area contributed by atoms with Gasteiger partial charge in [-0.25, -0.2) is 0 Å². The molecule has 0 aromatic carbocycles. The van der Waals surface area contributed by atoms with Crippen LogP contribution < -0.4 is 0 Å². The van der Waals surface area contributed by atoms with Crippen molar-refractivity contribution >= 4 is 5.78 Å². The Hall–Kier alpha value is -0.630. The Labute approximate surface area is 139 Å². The summed E-state index contributed by atoms with van der Waals surface area (Å²) in [5.74, 6) is -1.13. The molecule has 0 radical (unpaired) electrons. The van der Waals surface area contributed by atoms with Crippen molar-refractivity contribution in [3.8, 4) is 0 Å². The predicted octanol–water partition coefficient (Wildman–Crippen LogP) is 3.88. The van der Waals surface area contributed by atoms with Crippen molar-refractivity contribution in [1.82, 2.24) is 0 Å². The maximum Gasteiger partial charge on any atom is 0.139 e. The lowest BCUT2D eigenvalue weighted by Gasteiger charge is -2.56. The molecular formula is C19H28O2. The van der Waals surface area contributed by atoms with Crippen LogP contribution in [-0.2, 0) is 4.79 Å². The highest BCUT2D eigenvalue weighted by molar-refractivity contribution is 5.87. The molecule has 0 unspecified atom stereocenters. The Morgan fingerprint density at radius 1 is 1.33 bits per heavy atom. The Morgan fingerprint density at radius 2 is 2.10 bits per heavy atom. The first-order valence-electron chi connectivity index (χ1n) is 11.9. The molecule has 0 aromatic rings. The molecule has 2 nitrogen and oxygen atoms in total. The number of fused-ring (bicyclic) bond motifs is 5. The molecule has 4 aliphatic carbocycles. The summed E-state index contributed by atoms with van der Waals surface area (Å²) in [4.78, 5) is 12.8. The molecule has 0 saturated heterocycles. The van der Waals surface area contributed by atoms with Gasteiger partial charge in [0.2, 0.25) is 0 Å². The summed E-state index contributed by atoms with van der Waals surface area (Å²) in [6, 6.07) is -0.0379. The molecular weight excluding hydrogens is 260 g/mol. The fraction of sp³-hybridized carbons (Fsp3) is 0.842. The summed E-state index contributed by atoms with van der Waals surface area (Å²) in [5.41, 5.74) is -1.88. The SMILES string of the molecule is [2H]C1=C2C([2H])([2H])[C@@]([2H])(O)C([2H])([2H])C[C@]2(C)[C@H]2CC[C@]3(C)C(=O)C([2H])([2H])C[C@H]3[C@@H]2C1. The molecule has 0 bridgehead atoms. The van der Waals surface area contributed by atoms with Crippen LogP contribution in [0.3, 0.4) is 0 Å². The first-order chi connectivity index (χ1) is 12.9.